The van der Waals surface area contributed by atoms with Crippen molar-refractivity contribution >= 4 is 5.57 Å². The van der Waals surface area contributed by atoms with Gasteiger partial charge in [-0.15, -0.1) is 0 Å². The Morgan fingerprint density at radius 3 is 2.46 bits per heavy atom. The number of methoxy groups -OCH3 is 1. The average Bonchev–Trinajstić information content (AvgIpc) is 2.63. The first-order valence-corrected chi connectivity index (χ1v) is 8.52. The van der Waals surface area contributed by atoms with Crippen molar-refractivity contribution in [1.82, 2.24) is 4.90 Å². The van der Waals surface area contributed by atoms with E-state index < -0.39 is 0 Å². The maximum atomic E-state index is 6.03. The minimum Gasteiger partial charge on any atom is -0.497 e. The lowest BCUT2D eigenvalue weighted by molar-refractivity contribution is 0.0654. The second-order valence-electron chi connectivity index (χ2n) is 6.01. The summed E-state index contributed by atoms with van der Waals surface area (Å²) in [5.74, 6) is 0.883. The predicted molar refractivity (Wildman–Crippen MR) is 98.1 cm³/mol. The van der Waals surface area contributed by atoms with E-state index in [1.54, 1.807) is 7.11 Å². The lowest BCUT2D eigenvalue weighted by atomic mass is 9.96. The normalized spacial score (nSPS) is 18.2. The zero-order chi connectivity index (χ0) is 16.8. The first-order valence-electron chi connectivity index (χ1n) is 8.52. The van der Waals surface area contributed by atoms with E-state index in [0.29, 0.717) is 0 Å². The first-order chi connectivity index (χ1) is 11.8. The molecule has 1 aliphatic rings. The van der Waals surface area contributed by atoms with Gasteiger partial charge >= 0.3 is 0 Å². The Hall–Kier alpha value is -2.10. The molecular formula is C21H25NO2. The highest BCUT2D eigenvalue weighted by molar-refractivity contribution is 5.70. The van der Waals surface area contributed by atoms with Crippen molar-refractivity contribution in [2.75, 3.05) is 26.8 Å². The van der Waals surface area contributed by atoms with Gasteiger partial charge in [-0.05, 0) is 35.8 Å². The zero-order valence-electron chi connectivity index (χ0n) is 14.4. The molecule has 0 saturated carbocycles. The Bertz CT molecular complexity index is 664. The number of rotatable bonds is 6. The van der Waals surface area contributed by atoms with Gasteiger partial charge in [0.15, 0.2) is 0 Å². The van der Waals surface area contributed by atoms with Gasteiger partial charge in [0.2, 0.25) is 0 Å². The fourth-order valence-electron chi connectivity index (χ4n) is 3.17. The summed E-state index contributed by atoms with van der Waals surface area (Å²) in [4.78, 5) is 2.43. The lowest BCUT2D eigenvalue weighted by Crippen LogP contribution is -2.38. The van der Waals surface area contributed by atoms with Gasteiger partial charge in [-0.25, -0.2) is 0 Å². The van der Waals surface area contributed by atoms with Crippen molar-refractivity contribution in [2.45, 2.75) is 19.6 Å². The van der Waals surface area contributed by atoms with Crippen molar-refractivity contribution in [3.05, 3.63) is 71.8 Å². The summed E-state index contributed by atoms with van der Waals surface area (Å²) >= 11 is 0. The highest BCUT2D eigenvalue weighted by atomic mass is 16.5. The maximum Gasteiger partial charge on any atom is 0.118 e. The number of benzene rings is 2. The molecule has 3 nitrogen and oxygen atoms in total. The van der Waals surface area contributed by atoms with E-state index in [4.69, 9.17) is 9.47 Å². The first kappa shape index (κ1) is 16.7. The smallest absolute Gasteiger partial charge is 0.118 e. The van der Waals surface area contributed by atoms with Crippen LogP contribution in [0.4, 0.5) is 0 Å². The second-order valence-corrected chi connectivity index (χ2v) is 6.01. The van der Waals surface area contributed by atoms with E-state index in [2.05, 4.69) is 60.4 Å². The summed E-state index contributed by atoms with van der Waals surface area (Å²) in [5, 5.41) is 0. The van der Waals surface area contributed by atoms with Crippen LogP contribution < -0.4 is 4.74 Å². The summed E-state index contributed by atoms with van der Waals surface area (Å²) in [6.07, 6.45) is 2.41. The van der Waals surface area contributed by atoms with Crippen molar-refractivity contribution < 1.29 is 9.47 Å². The molecule has 1 unspecified atom stereocenters. The van der Waals surface area contributed by atoms with Crippen LogP contribution in [-0.4, -0.2) is 37.8 Å². The Kier molecular flexibility index (Phi) is 5.68. The second kappa shape index (κ2) is 8.13. The van der Waals surface area contributed by atoms with Crippen LogP contribution in [0.15, 0.2) is 60.7 Å². The van der Waals surface area contributed by atoms with Gasteiger partial charge in [0.1, 0.15) is 5.75 Å². The molecule has 2 aromatic rings. The molecule has 0 aliphatic carbocycles. The fraction of sp³-hybridized carbons (Fsp3) is 0.333. The van der Waals surface area contributed by atoms with Gasteiger partial charge in [0.05, 0.1) is 13.2 Å². The molecular weight excluding hydrogens is 298 g/mol. The number of hydrogen-bond acceptors (Lipinski definition) is 3. The molecule has 0 bridgehead atoms. The Balaban J connectivity index is 1.76. The fourth-order valence-corrected chi connectivity index (χ4v) is 3.17. The van der Waals surface area contributed by atoms with Crippen LogP contribution in [0.3, 0.4) is 0 Å². The Morgan fingerprint density at radius 1 is 1.04 bits per heavy atom. The standard InChI is InChI=1S/C21H25NO2/c1-3-24-21-16-22(15-17-7-5-4-6-8-17)14-13-20(21)18-9-11-19(23-2)12-10-18/h4-13,21H,3,14-16H2,1-2H3. The minimum absolute atomic E-state index is 0.112. The van der Waals surface area contributed by atoms with E-state index >= 15 is 0 Å². The van der Waals surface area contributed by atoms with Crippen molar-refractivity contribution in [2.24, 2.45) is 0 Å². The molecule has 0 fully saturated rings. The molecule has 1 heterocycles. The van der Waals surface area contributed by atoms with Crippen molar-refractivity contribution in [3.63, 3.8) is 0 Å². The number of hydrogen-bond donors (Lipinski definition) is 0. The van der Waals surface area contributed by atoms with E-state index in [-0.39, 0.29) is 6.10 Å². The molecule has 1 aliphatic heterocycles. The molecule has 0 N–H and O–H groups in total. The van der Waals surface area contributed by atoms with E-state index in [1.807, 2.05) is 12.1 Å². The van der Waals surface area contributed by atoms with Gasteiger partial charge in [-0.2, -0.15) is 0 Å². The molecule has 0 saturated heterocycles. The molecule has 126 valence electrons. The topological polar surface area (TPSA) is 21.7 Å². The van der Waals surface area contributed by atoms with E-state index in [9.17, 15) is 0 Å². The third-order valence-electron chi connectivity index (χ3n) is 4.38. The average molecular weight is 323 g/mol. The van der Waals surface area contributed by atoms with Gasteiger partial charge in [-0.3, -0.25) is 4.90 Å². The predicted octanol–water partition coefficient (Wildman–Crippen LogP) is 4.00. The molecule has 0 aromatic heterocycles. The molecule has 0 radical (unpaired) electrons. The minimum atomic E-state index is 0.112. The number of nitrogens with zero attached hydrogens (tertiary/aromatic N) is 1. The molecule has 24 heavy (non-hydrogen) atoms. The van der Waals surface area contributed by atoms with Crippen LogP contribution >= 0.6 is 0 Å². The van der Waals surface area contributed by atoms with Crippen LogP contribution in [0.5, 0.6) is 5.75 Å². The summed E-state index contributed by atoms with van der Waals surface area (Å²) in [6, 6.07) is 18.9. The van der Waals surface area contributed by atoms with Crippen LogP contribution in [0, 0.1) is 0 Å². The molecule has 0 amide bonds. The van der Waals surface area contributed by atoms with Crippen LogP contribution in [-0.2, 0) is 11.3 Å². The molecule has 2 aromatic carbocycles. The van der Waals surface area contributed by atoms with Crippen molar-refractivity contribution in [3.8, 4) is 5.75 Å². The summed E-state index contributed by atoms with van der Waals surface area (Å²) in [7, 11) is 1.69. The van der Waals surface area contributed by atoms with Crippen LogP contribution in [0.1, 0.15) is 18.1 Å². The Morgan fingerprint density at radius 2 is 1.79 bits per heavy atom. The third-order valence-corrected chi connectivity index (χ3v) is 4.38. The zero-order valence-corrected chi connectivity index (χ0v) is 14.4. The third kappa shape index (κ3) is 4.05. The molecule has 0 spiro atoms. The Labute approximate surface area is 144 Å². The molecule has 3 heteroatoms. The highest BCUT2D eigenvalue weighted by Gasteiger charge is 2.24. The maximum absolute atomic E-state index is 6.03. The van der Waals surface area contributed by atoms with E-state index in [0.717, 1.165) is 32.0 Å². The quantitative estimate of drug-likeness (QED) is 0.802. The van der Waals surface area contributed by atoms with Gasteiger partial charge in [-0.1, -0.05) is 48.5 Å². The summed E-state index contributed by atoms with van der Waals surface area (Å²) < 4.78 is 11.3. The van der Waals surface area contributed by atoms with Crippen molar-refractivity contribution in [1.29, 1.82) is 0 Å². The van der Waals surface area contributed by atoms with Gasteiger partial charge < -0.3 is 9.47 Å². The molecule has 1 atom stereocenters. The summed E-state index contributed by atoms with van der Waals surface area (Å²) in [6.45, 7) is 5.59. The van der Waals surface area contributed by atoms with Crippen LogP contribution in [0.2, 0.25) is 0 Å². The summed E-state index contributed by atoms with van der Waals surface area (Å²) in [5.41, 5.74) is 3.84. The van der Waals surface area contributed by atoms with E-state index in [1.165, 1.54) is 16.7 Å². The highest BCUT2D eigenvalue weighted by Crippen LogP contribution is 2.27. The number of ether oxygens (including phenoxy) is 2. The largest absolute Gasteiger partial charge is 0.497 e. The van der Waals surface area contributed by atoms with Gasteiger partial charge in [0.25, 0.3) is 0 Å². The lowest BCUT2D eigenvalue weighted by Gasteiger charge is -2.33. The monoisotopic (exact) mass is 323 g/mol. The van der Waals surface area contributed by atoms with Crippen LogP contribution in [0.25, 0.3) is 5.57 Å². The SMILES string of the molecule is CCOC1CN(Cc2ccccc2)CC=C1c1ccc(OC)cc1. The molecule has 3 rings (SSSR count). The van der Waals surface area contributed by atoms with Gasteiger partial charge in [0, 0.05) is 26.2 Å².